The summed E-state index contributed by atoms with van der Waals surface area (Å²) in [5.74, 6) is 0.524. The van der Waals surface area contributed by atoms with E-state index in [1.807, 2.05) is 0 Å². The number of ether oxygens (including phenoxy) is 1. The molecule has 10 heteroatoms. The molecule has 5 rings (SSSR count). The normalized spacial score (nSPS) is 20.4. The summed E-state index contributed by atoms with van der Waals surface area (Å²) in [7, 11) is 1.48. The fraction of sp³-hybridized carbons (Fsp3) is 0.185. The Morgan fingerprint density at radius 3 is 1.38 bits per heavy atom. The van der Waals surface area contributed by atoms with Gasteiger partial charge in [-0.2, -0.15) is 26.3 Å². The zero-order valence-electron chi connectivity index (χ0n) is 19.2. The third-order valence-electron chi connectivity index (χ3n) is 6.00. The van der Waals surface area contributed by atoms with Crippen molar-refractivity contribution in [3.63, 3.8) is 0 Å². The van der Waals surface area contributed by atoms with Crippen molar-refractivity contribution in [2.24, 2.45) is 0 Å². The molecule has 0 amide bonds. The molecule has 2 aliphatic heterocycles. The fourth-order valence-corrected chi connectivity index (χ4v) is 7.56. The summed E-state index contributed by atoms with van der Waals surface area (Å²) in [6.45, 7) is 0. The molecule has 0 fully saturated rings. The lowest BCUT2D eigenvalue weighted by atomic mass is 9.99. The van der Waals surface area contributed by atoms with Crippen molar-refractivity contribution in [1.82, 2.24) is 0 Å². The van der Waals surface area contributed by atoms with E-state index in [1.54, 1.807) is 65.6 Å². The van der Waals surface area contributed by atoms with Gasteiger partial charge >= 0.3 is 12.4 Å². The van der Waals surface area contributed by atoms with Gasteiger partial charge in [0.1, 0.15) is 16.5 Å². The molecule has 0 spiro atoms. The highest BCUT2D eigenvalue weighted by Crippen LogP contribution is 2.61. The van der Waals surface area contributed by atoms with Gasteiger partial charge in [0.05, 0.1) is 16.9 Å². The Balaban J connectivity index is 1.80. The highest BCUT2D eigenvalue weighted by atomic mass is 32.2. The van der Waals surface area contributed by atoms with Crippen molar-refractivity contribution in [2.75, 3.05) is 12.0 Å². The van der Waals surface area contributed by atoms with Crippen LogP contribution in [0.5, 0.6) is 5.75 Å². The lowest BCUT2D eigenvalue weighted by Gasteiger charge is -2.50. The topological polar surface area (TPSA) is 12.5 Å². The second-order valence-corrected chi connectivity index (χ2v) is 10.4. The Morgan fingerprint density at radius 2 is 1.03 bits per heavy atom. The Kier molecular flexibility index (Phi) is 6.74. The third kappa shape index (κ3) is 4.84. The summed E-state index contributed by atoms with van der Waals surface area (Å²) >= 11 is 0.820. The summed E-state index contributed by atoms with van der Waals surface area (Å²) in [6.07, 6.45) is -9.51. The maximum Gasteiger partial charge on any atom is 0.422 e. The third-order valence-corrected chi connectivity index (χ3v) is 8.75. The molecule has 0 N–H and O–H groups in total. The molecular formula is C27H19F6NOS2. The number of rotatable bonds is 4. The molecule has 192 valence electrons. The van der Waals surface area contributed by atoms with Crippen LogP contribution in [0.25, 0.3) is 11.1 Å². The highest BCUT2D eigenvalue weighted by molar-refractivity contribution is 8.07. The number of benzene rings is 3. The molecule has 2 nitrogen and oxygen atoms in total. The first kappa shape index (κ1) is 25.7. The average Bonchev–Trinajstić information content (AvgIpc) is 2.87. The van der Waals surface area contributed by atoms with Crippen molar-refractivity contribution < 1.29 is 31.1 Å². The van der Waals surface area contributed by atoms with E-state index in [1.165, 1.54) is 31.4 Å². The van der Waals surface area contributed by atoms with Crippen molar-refractivity contribution >= 4 is 40.4 Å². The lowest BCUT2D eigenvalue weighted by molar-refractivity contribution is -0.0835. The van der Waals surface area contributed by atoms with Crippen LogP contribution in [0.4, 0.5) is 32.0 Å². The molecular weight excluding hydrogens is 532 g/mol. The highest BCUT2D eigenvalue weighted by Gasteiger charge is 2.55. The number of fused-ring (bicyclic) bond motifs is 2. The van der Waals surface area contributed by atoms with Gasteiger partial charge in [0.2, 0.25) is 0 Å². The van der Waals surface area contributed by atoms with Crippen LogP contribution in [0.1, 0.15) is 11.1 Å². The minimum atomic E-state index is -4.75. The van der Waals surface area contributed by atoms with Gasteiger partial charge in [0, 0.05) is 16.8 Å². The minimum Gasteiger partial charge on any atom is -0.497 e. The largest absolute Gasteiger partial charge is 0.497 e. The monoisotopic (exact) mass is 551 g/mol. The van der Waals surface area contributed by atoms with Gasteiger partial charge in [0.25, 0.3) is 0 Å². The van der Waals surface area contributed by atoms with Crippen molar-refractivity contribution in [1.29, 1.82) is 0 Å². The van der Waals surface area contributed by atoms with Crippen molar-refractivity contribution in [3.8, 4) is 5.75 Å². The van der Waals surface area contributed by atoms with Crippen LogP contribution in [0.2, 0.25) is 0 Å². The van der Waals surface area contributed by atoms with E-state index >= 15 is 0 Å². The molecule has 3 aromatic rings. The number of alkyl halides is 6. The maximum atomic E-state index is 14.5. The fourth-order valence-electron chi connectivity index (χ4n) is 4.45. The van der Waals surface area contributed by atoms with Gasteiger partial charge < -0.3 is 9.64 Å². The van der Waals surface area contributed by atoms with Gasteiger partial charge in [-0.05, 0) is 35.4 Å². The van der Waals surface area contributed by atoms with Crippen molar-refractivity contribution in [3.05, 3.63) is 106 Å². The number of hydrogen-bond acceptors (Lipinski definition) is 4. The molecule has 2 atom stereocenters. The van der Waals surface area contributed by atoms with Gasteiger partial charge in [-0.15, -0.1) is 0 Å². The van der Waals surface area contributed by atoms with Crippen LogP contribution in [0.3, 0.4) is 0 Å². The number of anilines is 1. The first-order chi connectivity index (χ1) is 17.6. The predicted octanol–water partition coefficient (Wildman–Crippen LogP) is 8.59. The molecule has 0 radical (unpaired) electrons. The molecule has 2 heterocycles. The summed E-state index contributed by atoms with van der Waals surface area (Å²) in [4.78, 5) is -0.134. The van der Waals surface area contributed by atoms with Gasteiger partial charge in [-0.3, -0.25) is 0 Å². The number of methoxy groups -OCH3 is 1. The van der Waals surface area contributed by atoms with E-state index in [9.17, 15) is 26.3 Å². The van der Waals surface area contributed by atoms with E-state index in [2.05, 4.69) is 0 Å². The van der Waals surface area contributed by atoms with E-state index < -0.39 is 32.9 Å². The Labute approximate surface area is 218 Å². The molecule has 2 aliphatic rings. The molecule has 37 heavy (non-hydrogen) atoms. The van der Waals surface area contributed by atoms with Gasteiger partial charge in [0.15, 0.2) is 0 Å². The number of hydrogen-bond donors (Lipinski definition) is 0. The Bertz CT molecular complexity index is 1250. The number of allylic oxidation sites excluding steroid dienone is 2. The Morgan fingerprint density at radius 1 is 0.622 bits per heavy atom. The second kappa shape index (κ2) is 9.72. The van der Waals surface area contributed by atoms with Crippen molar-refractivity contribution in [2.45, 2.75) is 23.1 Å². The quantitative estimate of drug-likeness (QED) is 0.301. The summed E-state index contributed by atoms with van der Waals surface area (Å²) < 4.78 is 92.3. The van der Waals surface area contributed by atoms with Crippen LogP contribution < -0.4 is 9.64 Å². The van der Waals surface area contributed by atoms with Gasteiger partial charge in [-0.1, -0.05) is 84.2 Å². The number of nitrogens with zero attached hydrogens (tertiary/aromatic N) is 1. The second-order valence-electron chi connectivity index (χ2n) is 8.26. The van der Waals surface area contributed by atoms with E-state index in [0.717, 1.165) is 0 Å². The molecule has 2 bridgehead atoms. The molecule has 2 unspecified atom stereocenters. The zero-order chi connectivity index (χ0) is 26.4. The minimum absolute atomic E-state index is 0.191. The van der Waals surface area contributed by atoms with Crippen LogP contribution in [-0.4, -0.2) is 30.2 Å². The van der Waals surface area contributed by atoms with Crippen LogP contribution in [-0.2, 0) is 0 Å². The summed E-state index contributed by atoms with van der Waals surface area (Å²) in [6, 6.07) is 22.2. The molecule has 0 aliphatic carbocycles. The summed E-state index contributed by atoms with van der Waals surface area (Å²) in [5, 5.41) is -2.55. The van der Waals surface area contributed by atoms with E-state index in [-0.39, 0.29) is 22.3 Å². The average molecular weight is 552 g/mol. The Hall–Kier alpha value is -2.98. The zero-order valence-corrected chi connectivity index (χ0v) is 20.8. The SMILES string of the molecule is COc1ccc(N2C3SC(C(F)(F)F)=C(c4ccccc4)C2SC(C(F)(F)F)=C3c2ccccc2)cc1. The molecule has 0 saturated carbocycles. The number of halogens is 6. The van der Waals surface area contributed by atoms with E-state index in [0.29, 0.717) is 35.0 Å². The van der Waals surface area contributed by atoms with Crippen LogP contribution in [0.15, 0.2) is 94.7 Å². The first-order valence-corrected chi connectivity index (χ1v) is 12.8. The summed E-state index contributed by atoms with van der Waals surface area (Å²) in [5.41, 5.74) is 0.552. The van der Waals surface area contributed by atoms with Crippen LogP contribution in [0, 0.1) is 0 Å². The number of thioether (sulfide) groups is 2. The van der Waals surface area contributed by atoms with E-state index in [4.69, 9.17) is 4.74 Å². The molecule has 0 aromatic heterocycles. The molecule has 0 saturated heterocycles. The lowest BCUT2D eigenvalue weighted by Crippen LogP contribution is -2.49. The smallest absolute Gasteiger partial charge is 0.422 e. The maximum absolute atomic E-state index is 14.5. The first-order valence-electron chi connectivity index (χ1n) is 11.1. The standard InChI is InChI=1S/C27H19F6NOS2/c1-35-19-14-12-18(13-15-19)34-24-20(16-8-4-2-5-9-16)22(26(28,29)30)36-25(34)21(17-10-6-3-7-11-17)23(37-24)27(31,32)33/h2-15,24-25H,1H3. The molecule has 3 aromatic carbocycles. The van der Waals surface area contributed by atoms with Gasteiger partial charge in [-0.25, -0.2) is 0 Å². The van der Waals surface area contributed by atoms with Crippen LogP contribution >= 0.6 is 23.5 Å². The predicted molar refractivity (Wildman–Crippen MR) is 137 cm³/mol.